The van der Waals surface area contributed by atoms with Crippen molar-refractivity contribution in [1.82, 2.24) is 10.3 Å². The van der Waals surface area contributed by atoms with Gasteiger partial charge in [-0.25, -0.2) is 0 Å². The van der Waals surface area contributed by atoms with Gasteiger partial charge in [0.15, 0.2) is 0 Å². The number of nitrogens with one attached hydrogen (secondary N) is 2. The van der Waals surface area contributed by atoms with Crippen LogP contribution >= 0.6 is 23.2 Å². The molecule has 0 aliphatic heterocycles. The standard InChI is InChI=1S/C15H13Cl2N3O2/c1-9(21)19-8-12-6-10(4-5-18-12)15(22)20-14-7-11(16)2-3-13(14)17/h2-7H,8H2,1H3,(H,19,21)(H,20,22). The van der Waals surface area contributed by atoms with Gasteiger partial charge in [0, 0.05) is 23.7 Å². The molecule has 114 valence electrons. The van der Waals surface area contributed by atoms with Crippen LogP contribution < -0.4 is 10.6 Å². The van der Waals surface area contributed by atoms with E-state index in [0.29, 0.717) is 27.0 Å². The van der Waals surface area contributed by atoms with Gasteiger partial charge in [0.1, 0.15) is 0 Å². The predicted octanol–water partition coefficient (Wildman–Crippen LogP) is 3.28. The molecule has 0 saturated carbocycles. The van der Waals surface area contributed by atoms with Crippen molar-refractivity contribution in [3.63, 3.8) is 0 Å². The maximum Gasteiger partial charge on any atom is 0.255 e. The molecule has 1 aromatic carbocycles. The number of hydrogen-bond acceptors (Lipinski definition) is 3. The maximum absolute atomic E-state index is 12.2. The highest BCUT2D eigenvalue weighted by atomic mass is 35.5. The van der Waals surface area contributed by atoms with Gasteiger partial charge in [-0.2, -0.15) is 0 Å². The van der Waals surface area contributed by atoms with Gasteiger partial charge in [-0.15, -0.1) is 0 Å². The van der Waals surface area contributed by atoms with Crippen molar-refractivity contribution in [3.8, 4) is 0 Å². The molecular formula is C15H13Cl2N3O2. The third-order valence-corrected chi connectivity index (χ3v) is 3.34. The lowest BCUT2D eigenvalue weighted by Gasteiger charge is -2.09. The van der Waals surface area contributed by atoms with Crippen LogP contribution in [0.25, 0.3) is 0 Å². The maximum atomic E-state index is 12.2. The Hall–Kier alpha value is -2.11. The Bertz CT molecular complexity index is 720. The van der Waals surface area contributed by atoms with E-state index in [0.717, 1.165) is 0 Å². The summed E-state index contributed by atoms with van der Waals surface area (Å²) in [7, 11) is 0. The van der Waals surface area contributed by atoms with Crippen molar-refractivity contribution in [3.05, 3.63) is 57.8 Å². The molecule has 2 amide bonds. The van der Waals surface area contributed by atoms with Gasteiger partial charge in [0.05, 0.1) is 22.9 Å². The van der Waals surface area contributed by atoms with E-state index in [4.69, 9.17) is 23.2 Å². The minimum atomic E-state index is -0.337. The predicted molar refractivity (Wildman–Crippen MR) is 86.2 cm³/mol. The second-order valence-electron chi connectivity index (χ2n) is 4.52. The first-order valence-corrected chi connectivity index (χ1v) is 7.17. The molecule has 0 aliphatic rings. The fourth-order valence-corrected chi connectivity index (χ4v) is 2.06. The summed E-state index contributed by atoms with van der Waals surface area (Å²) in [6.07, 6.45) is 1.51. The van der Waals surface area contributed by atoms with Crippen molar-refractivity contribution in [2.24, 2.45) is 0 Å². The molecule has 0 radical (unpaired) electrons. The first kappa shape index (κ1) is 16.3. The van der Waals surface area contributed by atoms with Crippen molar-refractivity contribution in [2.45, 2.75) is 13.5 Å². The summed E-state index contributed by atoms with van der Waals surface area (Å²) in [5.41, 5.74) is 1.42. The van der Waals surface area contributed by atoms with Gasteiger partial charge in [-0.05, 0) is 30.3 Å². The van der Waals surface area contributed by atoms with Gasteiger partial charge in [-0.3, -0.25) is 14.6 Å². The number of nitrogens with zero attached hydrogens (tertiary/aromatic N) is 1. The van der Waals surface area contributed by atoms with Crippen LogP contribution in [0.2, 0.25) is 10.0 Å². The van der Waals surface area contributed by atoms with Gasteiger partial charge < -0.3 is 10.6 Å². The molecule has 22 heavy (non-hydrogen) atoms. The number of rotatable bonds is 4. The first-order valence-electron chi connectivity index (χ1n) is 6.41. The fraction of sp³-hybridized carbons (Fsp3) is 0.133. The van der Waals surface area contributed by atoms with Gasteiger partial charge in [-0.1, -0.05) is 23.2 Å². The van der Waals surface area contributed by atoms with Crippen molar-refractivity contribution >= 4 is 40.7 Å². The highest BCUT2D eigenvalue weighted by Gasteiger charge is 2.10. The third-order valence-electron chi connectivity index (χ3n) is 2.77. The molecule has 0 bridgehead atoms. The Morgan fingerprint density at radius 1 is 1.18 bits per heavy atom. The summed E-state index contributed by atoms with van der Waals surface area (Å²) in [6.45, 7) is 1.67. The molecule has 0 spiro atoms. The Morgan fingerprint density at radius 3 is 2.68 bits per heavy atom. The zero-order valence-electron chi connectivity index (χ0n) is 11.7. The number of amides is 2. The van der Waals surface area contributed by atoms with E-state index in [-0.39, 0.29) is 18.4 Å². The van der Waals surface area contributed by atoms with Crippen LogP contribution in [0.4, 0.5) is 5.69 Å². The number of benzene rings is 1. The van der Waals surface area contributed by atoms with Crippen molar-refractivity contribution in [2.75, 3.05) is 5.32 Å². The second-order valence-corrected chi connectivity index (χ2v) is 5.37. The lowest BCUT2D eigenvalue weighted by atomic mass is 10.2. The number of hydrogen-bond donors (Lipinski definition) is 2. The Labute approximate surface area is 137 Å². The van der Waals surface area contributed by atoms with E-state index in [9.17, 15) is 9.59 Å². The van der Waals surface area contributed by atoms with Gasteiger partial charge in [0.25, 0.3) is 5.91 Å². The third kappa shape index (κ3) is 4.44. The zero-order chi connectivity index (χ0) is 16.1. The lowest BCUT2D eigenvalue weighted by molar-refractivity contribution is -0.119. The topological polar surface area (TPSA) is 71.1 Å². The quantitative estimate of drug-likeness (QED) is 0.899. The van der Waals surface area contributed by atoms with E-state index >= 15 is 0 Å². The summed E-state index contributed by atoms with van der Waals surface area (Å²) in [4.78, 5) is 27.2. The summed E-state index contributed by atoms with van der Waals surface area (Å²) in [5.74, 6) is -0.502. The molecule has 0 fully saturated rings. The highest BCUT2D eigenvalue weighted by molar-refractivity contribution is 6.35. The van der Waals surface area contributed by atoms with E-state index in [1.165, 1.54) is 13.1 Å². The molecule has 0 aliphatic carbocycles. The minimum Gasteiger partial charge on any atom is -0.351 e. The van der Waals surface area contributed by atoms with Crippen LogP contribution in [0.15, 0.2) is 36.5 Å². The molecule has 2 rings (SSSR count). The smallest absolute Gasteiger partial charge is 0.255 e. The Balaban J connectivity index is 2.14. The van der Waals surface area contributed by atoms with Crippen LogP contribution in [0.3, 0.4) is 0 Å². The molecule has 5 nitrogen and oxygen atoms in total. The molecule has 1 aromatic heterocycles. The Morgan fingerprint density at radius 2 is 1.95 bits per heavy atom. The molecule has 0 saturated heterocycles. The summed E-state index contributed by atoms with van der Waals surface area (Å²) < 4.78 is 0. The highest BCUT2D eigenvalue weighted by Crippen LogP contribution is 2.25. The Kier molecular flexibility index (Phi) is 5.35. The number of anilines is 1. The number of pyridine rings is 1. The monoisotopic (exact) mass is 337 g/mol. The van der Waals surface area contributed by atoms with E-state index in [1.807, 2.05) is 0 Å². The van der Waals surface area contributed by atoms with Crippen LogP contribution in [0.1, 0.15) is 23.0 Å². The largest absolute Gasteiger partial charge is 0.351 e. The molecule has 2 aromatic rings. The minimum absolute atomic E-state index is 0.164. The first-order chi connectivity index (χ1) is 10.5. The SMILES string of the molecule is CC(=O)NCc1cc(C(=O)Nc2cc(Cl)ccc2Cl)ccn1. The van der Waals surface area contributed by atoms with Crippen molar-refractivity contribution < 1.29 is 9.59 Å². The molecule has 1 heterocycles. The normalized spacial score (nSPS) is 10.1. The van der Waals surface area contributed by atoms with Crippen molar-refractivity contribution in [1.29, 1.82) is 0 Å². The van der Waals surface area contributed by atoms with E-state index in [2.05, 4.69) is 15.6 Å². The second kappa shape index (κ2) is 7.24. The molecule has 0 atom stereocenters. The molecule has 0 unspecified atom stereocenters. The summed E-state index contributed by atoms with van der Waals surface area (Å²) >= 11 is 11.9. The van der Waals surface area contributed by atoms with E-state index in [1.54, 1.807) is 30.3 Å². The average Bonchev–Trinajstić information content (AvgIpc) is 2.49. The number of carbonyl (C=O) groups is 2. The van der Waals surface area contributed by atoms with Gasteiger partial charge >= 0.3 is 0 Å². The van der Waals surface area contributed by atoms with E-state index < -0.39 is 0 Å². The van der Waals surface area contributed by atoms with Crippen LogP contribution in [0.5, 0.6) is 0 Å². The zero-order valence-corrected chi connectivity index (χ0v) is 13.2. The van der Waals surface area contributed by atoms with Crippen LogP contribution in [-0.2, 0) is 11.3 Å². The number of carbonyl (C=O) groups excluding carboxylic acids is 2. The number of aromatic nitrogens is 1. The van der Waals surface area contributed by atoms with Gasteiger partial charge in [0.2, 0.25) is 5.91 Å². The fourth-order valence-electron chi connectivity index (χ4n) is 1.72. The average molecular weight is 338 g/mol. The molecular weight excluding hydrogens is 325 g/mol. The number of halogens is 2. The summed E-state index contributed by atoms with van der Waals surface area (Å²) in [6, 6.07) is 7.99. The van der Waals surface area contributed by atoms with Crippen LogP contribution in [-0.4, -0.2) is 16.8 Å². The van der Waals surface area contributed by atoms with Crippen LogP contribution in [0, 0.1) is 0 Å². The lowest BCUT2D eigenvalue weighted by Crippen LogP contribution is -2.20. The molecule has 7 heteroatoms. The molecule has 2 N–H and O–H groups in total. The summed E-state index contributed by atoms with van der Waals surface area (Å²) in [5, 5.41) is 6.18.